The first-order chi connectivity index (χ1) is 16.6. The molecule has 0 radical (unpaired) electrons. The topological polar surface area (TPSA) is 89.4 Å². The molecule has 1 aliphatic carbocycles. The molecule has 7 heteroatoms. The first kappa shape index (κ1) is 22.9. The molecule has 3 N–H and O–H groups in total. The van der Waals surface area contributed by atoms with Crippen molar-refractivity contribution in [1.29, 1.82) is 0 Å². The van der Waals surface area contributed by atoms with E-state index >= 15 is 0 Å². The van der Waals surface area contributed by atoms with Gasteiger partial charge in [0.2, 0.25) is 5.82 Å². The number of ether oxygens (including phenoxy) is 1. The Bertz CT molecular complexity index is 1120. The summed E-state index contributed by atoms with van der Waals surface area (Å²) in [6.45, 7) is 8.59. The van der Waals surface area contributed by atoms with Crippen LogP contribution in [0, 0.1) is 0 Å². The number of likely N-dealkylation sites (tertiary alicyclic amines) is 1. The fraction of sp³-hybridized carbons (Fsp3) is 0.481. The Labute approximate surface area is 201 Å². The number of rotatable bonds is 8. The number of nitrogens with two attached hydrogens (primary N) is 1. The van der Waals surface area contributed by atoms with Crippen molar-refractivity contribution in [3.05, 3.63) is 47.5 Å². The molecule has 0 spiro atoms. The summed E-state index contributed by atoms with van der Waals surface area (Å²) in [6, 6.07) is 12.4. The fourth-order valence-electron chi connectivity index (χ4n) is 5.15. The molecule has 0 saturated carbocycles. The lowest BCUT2D eigenvalue weighted by Gasteiger charge is -2.27. The maximum Gasteiger partial charge on any atom is 0.258 e. The molecule has 7 nitrogen and oxygen atoms in total. The molecule has 3 aromatic rings. The SMILES string of the molecule is CC(C)Oc1ccc(-c2nc(-c3cccc4c3CCC4NCCN3CCCCC3)no2)cc1N. The van der Waals surface area contributed by atoms with Gasteiger partial charge in [-0.05, 0) is 81.9 Å². The normalized spacial score (nSPS) is 18.4. The fourth-order valence-corrected chi connectivity index (χ4v) is 5.15. The van der Waals surface area contributed by atoms with E-state index in [0.29, 0.717) is 29.2 Å². The lowest BCUT2D eigenvalue weighted by Crippen LogP contribution is -2.36. The van der Waals surface area contributed by atoms with Crippen molar-refractivity contribution < 1.29 is 9.26 Å². The van der Waals surface area contributed by atoms with Gasteiger partial charge in [-0.15, -0.1) is 0 Å². The number of aromatic nitrogens is 2. The summed E-state index contributed by atoms with van der Waals surface area (Å²) in [4.78, 5) is 7.29. The Morgan fingerprint density at radius 3 is 2.82 bits per heavy atom. The molecule has 34 heavy (non-hydrogen) atoms. The summed E-state index contributed by atoms with van der Waals surface area (Å²) in [5.74, 6) is 1.75. The molecule has 1 aliphatic heterocycles. The number of hydrogen-bond donors (Lipinski definition) is 2. The van der Waals surface area contributed by atoms with Crippen molar-refractivity contribution >= 4 is 5.69 Å². The van der Waals surface area contributed by atoms with Gasteiger partial charge < -0.3 is 25.2 Å². The summed E-state index contributed by atoms with van der Waals surface area (Å²) in [6.07, 6.45) is 6.24. The van der Waals surface area contributed by atoms with Gasteiger partial charge in [0, 0.05) is 30.3 Å². The summed E-state index contributed by atoms with van der Waals surface area (Å²) >= 11 is 0. The van der Waals surface area contributed by atoms with Crippen LogP contribution in [0.5, 0.6) is 5.75 Å². The molecule has 2 heterocycles. The van der Waals surface area contributed by atoms with E-state index in [9.17, 15) is 0 Å². The van der Waals surface area contributed by atoms with Crippen LogP contribution in [-0.2, 0) is 6.42 Å². The number of hydrogen-bond acceptors (Lipinski definition) is 7. The zero-order valence-corrected chi connectivity index (χ0v) is 20.2. The van der Waals surface area contributed by atoms with Crippen molar-refractivity contribution in [3.8, 4) is 28.6 Å². The van der Waals surface area contributed by atoms with E-state index < -0.39 is 0 Å². The van der Waals surface area contributed by atoms with E-state index in [-0.39, 0.29) is 6.10 Å². The second-order valence-corrected chi connectivity index (χ2v) is 9.66. The van der Waals surface area contributed by atoms with Crippen molar-refractivity contribution in [1.82, 2.24) is 20.4 Å². The number of nitrogens with one attached hydrogen (secondary N) is 1. The van der Waals surface area contributed by atoms with E-state index in [0.717, 1.165) is 37.1 Å². The van der Waals surface area contributed by atoms with Crippen molar-refractivity contribution in [3.63, 3.8) is 0 Å². The number of anilines is 1. The van der Waals surface area contributed by atoms with Crippen LogP contribution in [0.15, 0.2) is 40.9 Å². The molecule has 1 unspecified atom stereocenters. The third kappa shape index (κ3) is 4.95. The molecule has 0 bridgehead atoms. The van der Waals surface area contributed by atoms with E-state index in [1.165, 1.54) is 43.5 Å². The molecule has 1 fully saturated rings. The summed E-state index contributed by atoms with van der Waals surface area (Å²) in [7, 11) is 0. The number of fused-ring (bicyclic) bond motifs is 1. The molecule has 180 valence electrons. The Hall–Kier alpha value is -2.90. The summed E-state index contributed by atoms with van der Waals surface area (Å²) in [5.41, 5.74) is 11.3. The third-order valence-electron chi connectivity index (χ3n) is 6.82. The minimum absolute atomic E-state index is 0.0615. The maximum absolute atomic E-state index is 6.18. The van der Waals surface area contributed by atoms with Gasteiger partial charge in [0.1, 0.15) is 5.75 Å². The zero-order chi connectivity index (χ0) is 23.5. The van der Waals surface area contributed by atoms with Crippen LogP contribution in [0.3, 0.4) is 0 Å². The van der Waals surface area contributed by atoms with Crippen molar-refractivity contribution in [2.45, 2.75) is 58.1 Å². The Morgan fingerprint density at radius 1 is 1.18 bits per heavy atom. The Kier molecular flexibility index (Phi) is 6.83. The second-order valence-electron chi connectivity index (χ2n) is 9.66. The van der Waals surface area contributed by atoms with Gasteiger partial charge >= 0.3 is 0 Å². The van der Waals surface area contributed by atoms with Crippen LogP contribution in [0.25, 0.3) is 22.8 Å². The van der Waals surface area contributed by atoms with Crippen LogP contribution < -0.4 is 15.8 Å². The zero-order valence-electron chi connectivity index (χ0n) is 20.2. The largest absolute Gasteiger partial charge is 0.489 e. The molecule has 1 aromatic heterocycles. The second kappa shape index (κ2) is 10.2. The van der Waals surface area contributed by atoms with Gasteiger partial charge in [-0.25, -0.2) is 0 Å². The average molecular weight is 462 g/mol. The van der Waals surface area contributed by atoms with Crippen LogP contribution in [0.2, 0.25) is 0 Å². The van der Waals surface area contributed by atoms with Gasteiger partial charge in [0.15, 0.2) is 0 Å². The molecule has 2 aromatic carbocycles. The average Bonchev–Trinajstić information content (AvgIpc) is 3.49. The van der Waals surface area contributed by atoms with Gasteiger partial charge in [0.25, 0.3) is 5.89 Å². The number of benzene rings is 2. The Morgan fingerprint density at radius 2 is 2.03 bits per heavy atom. The van der Waals surface area contributed by atoms with E-state index in [2.05, 4.69) is 33.6 Å². The highest BCUT2D eigenvalue weighted by atomic mass is 16.5. The molecule has 1 saturated heterocycles. The third-order valence-corrected chi connectivity index (χ3v) is 6.82. The van der Waals surface area contributed by atoms with Crippen molar-refractivity contribution in [2.24, 2.45) is 0 Å². The highest BCUT2D eigenvalue weighted by molar-refractivity contribution is 5.69. The Balaban J connectivity index is 1.29. The van der Waals surface area contributed by atoms with Gasteiger partial charge in [-0.2, -0.15) is 4.98 Å². The minimum Gasteiger partial charge on any atom is -0.489 e. The molecule has 2 aliphatic rings. The molecular formula is C27H35N5O2. The maximum atomic E-state index is 6.18. The molecule has 1 atom stereocenters. The highest BCUT2D eigenvalue weighted by Crippen LogP contribution is 2.37. The predicted octanol–water partition coefficient (Wildman–Crippen LogP) is 4.84. The lowest BCUT2D eigenvalue weighted by molar-refractivity contribution is 0.226. The van der Waals surface area contributed by atoms with Gasteiger partial charge in [0.05, 0.1) is 11.8 Å². The summed E-state index contributed by atoms with van der Waals surface area (Å²) < 4.78 is 11.4. The molecule has 5 rings (SSSR count). The van der Waals surface area contributed by atoms with Crippen LogP contribution in [0.4, 0.5) is 5.69 Å². The standard InChI is InChI=1S/C27H35N5O2/c1-18(2)33-25-12-9-19(17-23(25)28)27-30-26(31-34-27)22-8-6-7-21-20(22)10-11-24(21)29-13-16-32-14-4-3-5-15-32/h6-9,12,17-18,24,29H,3-5,10-11,13-16,28H2,1-2H3. The minimum atomic E-state index is 0.0615. The van der Waals surface area contributed by atoms with Crippen LogP contribution in [0.1, 0.15) is 56.7 Å². The first-order valence-electron chi connectivity index (χ1n) is 12.6. The monoisotopic (exact) mass is 461 g/mol. The number of piperidine rings is 1. The highest BCUT2D eigenvalue weighted by Gasteiger charge is 2.26. The van der Waals surface area contributed by atoms with Gasteiger partial charge in [-0.3, -0.25) is 0 Å². The summed E-state index contributed by atoms with van der Waals surface area (Å²) in [5, 5.41) is 8.09. The first-order valence-corrected chi connectivity index (χ1v) is 12.6. The quantitative estimate of drug-likeness (QED) is 0.464. The number of nitrogens with zero attached hydrogens (tertiary/aromatic N) is 3. The predicted molar refractivity (Wildman–Crippen MR) is 135 cm³/mol. The van der Waals surface area contributed by atoms with Crippen LogP contribution >= 0.6 is 0 Å². The van der Waals surface area contributed by atoms with E-state index in [1.807, 2.05) is 32.0 Å². The number of nitrogen functional groups attached to an aromatic ring is 1. The van der Waals surface area contributed by atoms with Gasteiger partial charge in [-0.1, -0.05) is 29.8 Å². The molecular weight excluding hydrogens is 426 g/mol. The lowest BCUT2D eigenvalue weighted by atomic mass is 10.0. The van der Waals surface area contributed by atoms with Crippen LogP contribution in [-0.4, -0.2) is 47.3 Å². The smallest absolute Gasteiger partial charge is 0.258 e. The van der Waals surface area contributed by atoms with Crippen molar-refractivity contribution in [2.75, 3.05) is 31.9 Å². The van der Waals surface area contributed by atoms with E-state index in [4.69, 9.17) is 20.0 Å². The molecule has 0 amide bonds. The van der Waals surface area contributed by atoms with E-state index in [1.54, 1.807) is 0 Å².